The van der Waals surface area contributed by atoms with Gasteiger partial charge < -0.3 is 19.7 Å². The summed E-state index contributed by atoms with van der Waals surface area (Å²) in [7, 11) is 0. The van der Waals surface area contributed by atoms with Crippen LogP contribution in [0.25, 0.3) is 0 Å². The Morgan fingerprint density at radius 3 is 2.19 bits per heavy atom. The van der Waals surface area contributed by atoms with Gasteiger partial charge in [-0.2, -0.15) is 5.26 Å². The van der Waals surface area contributed by atoms with Crippen molar-refractivity contribution in [2.75, 3.05) is 25.0 Å². The molecule has 1 N–H and O–H groups in total. The van der Waals surface area contributed by atoms with Gasteiger partial charge in [0.05, 0.1) is 11.6 Å². The number of anilines is 1. The van der Waals surface area contributed by atoms with Crippen LogP contribution in [0.15, 0.2) is 48.5 Å². The van der Waals surface area contributed by atoms with Gasteiger partial charge in [0.25, 0.3) is 11.8 Å². The summed E-state index contributed by atoms with van der Waals surface area (Å²) in [6.45, 7) is 6.09. The molecule has 0 heterocycles. The SMILES string of the molecule is CCN(CC)C(=O)c1ccc(NC(=O)COC(=O)[C@@H](C)Oc2ccc(C#N)cc2)cc1. The average Bonchev–Trinajstić information content (AvgIpc) is 2.79. The van der Waals surface area contributed by atoms with E-state index >= 15 is 0 Å². The molecule has 162 valence electrons. The second kappa shape index (κ2) is 11.4. The smallest absolute Gasteiger partial charge is 0.347 e. The molecule has 0 aliphatic carbocycles. The largest absolute Gasteiger partial charge is 0.479 e. The summed E-state index contributed by atoms with van der Waals surface area (Å²) in [5.41, 5.74) is 1.49. The van der Waals surface area contributed by atoms with E-state index in [1.54, 1.807) is 53.4 Å². The van der Waals surface area contributed by atoms with Crippen LogP contribution >= 0.6 is 0 Å². The zero-order valence-electron chi connectivity index (χ0n) is 17.8. The van der Waals surface area contributed by atoms with Crippen LogP contribution < -0.4 is 10.1 Å². The lowest BCUT2D eigenvalue weighted by molar-refractivity contribution is -0.153. The van der Waals surface area contributed by atoms with Crippen LogP contribution in [0.5, 0.6) is 5.75 Å². The second-order valence-corrected chi connectivity index (χ2v) is 6.61. The summed E-state index contributed by atoms with van der Waals surface area (Å²) in [4.78, 5) is 38.1. The summed E-state index contributed by atoms with van der Waals surface area (Å²) in [5, 5.41) is 11.4. The van der Waals surface area contributed by atoms with Gasteiger partial charge in [0, 0.05) is 24.3 Å². The van der Waals surface area contributed by atoms with Gasteiger partial charge in [0.1, 0.15) is 5.75 Å². The van der Waals surface area contributed by atoms with E-state index in [1.165, 1.54) is 6.92 Å². The molecule has 0 aliphatic heterocycles. The molecule has 2 aromatic rings. The van der Waals surface area contributed by atoms with Crippen molar-refractivity contribution in [2.45, 2.75) is 26.9 Å². The Kier molecular flexibility index (Phi) is 8.58. The normalized spacial score (nSPS) is 11.0. The van der Waals surface area contributed by atoms with Crippen LogP contribution in [-0.2, 0) is 14.3 Å². The van der Waals surface area contributed by atoms with Crippen molar-refractivity contribution < 1.29 is 23.9 Å². The van der Waals surface area contributed by atoms with Crippen LogP contribution in [0, 0.1) is 11.3 Å². The molecular formula is C23H25N3O5. The maximum atomic E-state index is 12.3. The molecule has 0 saturated heterocycles. The maximum absolute atomic E-state index is 12.3. The zero-order valence-corrected chi connectivity index (χ0v) is 17.8. The van der Waals surface area contributed by atoms with Crippen LogP contribution in [0.3, 0.4) is 0 Å². The summed E-state index contributed by atoms with van der Waals surface area (Å²) in [5.74, 6) is -0.873. The highest BCUT2D eigenvalue weighted by molar-refractivity contribution is 5.96. The third-order valence-electron chi connectivity index (χ3n) is 4.44. The number of ether oxygens (including phenoxy) is 2. The molecule has 0 fully saturated rings. The van der Waals surface area contributed by atoms with E-state index in [0.717, 1.165) is 0 Å². The molecule has 2 rings (SSSR count). The van der Waals surface area contributed by atoms with Crippen molar-refractivity contribution in [3.63, 3.8) is 0 Å². The number of rotatable bonds is 9. The Labute approximate surface area is 181 Å². The van der Waals surface area contributed by atoms with Gasteiger partial charge in [-0.15, -0.1) is 0 Å². The van der Waals surface area contributed by atoms with E-state index in [0.29, 0.717) is 35.7 Å². The quantitative estimate of drug-likeness (QED) is 0.621. The fourth-order valence-corrected chi connectivity index (χ4v) is 2.70. The predicted molar refractivity (Wildman–Crippen MR) is 115 cm³/mol. The first-order chi connectivity index (χ1) is 14.9. The van der Waals surface area contributed by atoms with E-state index in [4.69, 9.17) is 14.7 Å². The Morgan fingerprint density at radius 2 is 1.65 bits per heavy atom. The minimum atomic E-state index is -0.925. The summed E-state index contributed by atoms with van der Waals surface area (Å²) >= 11 is 0. The Bertz CT molecular complexity index is 945. The molecule has 1 atom stereocenters. The van der Waals surface area contributed by atoms with E-state index < -0.39 is 24.6 Å². The lowest BCUT2D eigenvalue weighted by Crippen LogP contribution is -2.30. The van der Waals surface area contributed by atoms with E-state index in [-0.39, 0.29) is 5.91 Å². The highest BCUT2D eigenvalue weighted by Crippen LogP contribution is 2.14. The maximum Gasteiger partial charge on any atom is 0.347 e. The highest BCUT2D eigenvalue weighted by Gasteiger charge is 2.18. The minimum Gasteiger partial charge on any atom is -0.479 e. The number of hydrogen-bond acceptors (Lipinski definition) is 6. The van der Waals surface area contributed by atoms with Gasteiger partial charge >= 0.3 is 5.97 Å². The Balaban J connectivity index is 1.82. The molecule has 8 nitrogen and oxygen atoms in total. The first-order valence-electron chi connectivity index (χ1n) is 9.90. The van der Waals surface area contributed by atoms with E-state index in [2.05, 4.69) is 5.32 Å². The molecule has 8 heteroatoms. The van der Waals surface area contributed by atoms with Crippen LogP contribution in [0.1, 0.15) is 36.7 Å². The molecule has 0 radical (unpaired) electrons. The lowest BCUT2D eigenvalue weighted by Gasteiger charge is -2.18. The monoisotopic (exact) mass is 423 g/mol. The van der Waals surface area contributed by atoms with Gasteiger partial charge in [-0.25, -0.2) is 4.79 Å². The third kappa shape index (κ3) is 6.85. The molecular weight excluding hydrogens is 398 g/mol. The Morgan fingerprint density at radius 1 is 1.03 bits per heavy atom. The standard InChI is InChI=1S/C23H25N3O5/c1-4-26(5-2)22(28)18-8-10-19(11-9-18)25-21(27)15-30-23(29)16(3)31-20-12-6-17(14-24)7-13-20/h6-13,16H,4-5,15H2,1-3H3,(H,25,27)/t16-/m1/s1. The number of nitrogens with one attached hydrogen (secondary N) is 1. The lowest BCUT2D eigenvalue weighted by atomic mass is 10.2. The molecule has 0 bridgehead atoms. The number of carbonyl (C=O) groups is 3. The Hall–Kier alpha value is -3.86. The topological polar surface area (TPSA) is 109 Å². The van der Waals surface area contributed by atoms with Crippen molar-refractivity contribution >= 4 is 23.5 Å². The summed E-state index contributed by atoms with van der Waals surface area (Å²) < 4.78 is 10.4. The average molecular weight is 423 g/mol. The zero-order chi connectivity index (χ0) is 22.8. The van der Waals surface area contributed by atoms with Crippen molar-refractivity contribution in [1.82, 2.24) is 4.90 Å². The van der Waals surface area contributed by atoms with Gasteiger partial charge in [-0.3, -0.25) is 9.59 Å². The van der Waals surface area contributed by atoms with Gasteiger partial charge in [0.15, 0.2) is 12.7 Å². The molecule has 0 aliphatic rings. The molecule has 31 heavy (non-hydrogen) atoms. The molecule has 0 unspecified atom stereocenters. The fourth-order valence-electron chi connectivity index (χ4n) is 2.70. The first kappa shape index (κ1) is 23.4. The van der Waals surface area contributed by atoms with Crippen molar-refractivity contribution in [3.05, 3.63) is 59.7 Å². The number of esters is 1. The van der Waals surface area contributed by atoms with E-state index in [9.17, 15) is 14.4 Å². The van der Waals surface area contributed by atoms with Crippen LogP contribution in [0.4, 0.5) is 5.69 Å². The third-order valence-corrected chi connectivity index (χ3v) is 4.44. The highest BCUT2D eigenvalue weighted by atomic mass is 16.6. The molecule has 2 aromatic carbocycles. The second-order valence-electron chi connectivity index (χ2n) is 6.61. The fraction of sp³-hybridized carbons (Fsp3) is 0.304. The van der Waals surface area contributed by atoms with Gasteiger partial charge in [-0.05, 0) is 69.3 Å². The van der Waals surface area contributed by atoms with Crippen molar-refractivity contribution in [2.24, 2.45) is 0 Å². The van der Waals surface area contributed by atoms with Crippen molar-refractivity contribution in [3.8, 4) is 11.8 Å². The number of amides is 2. The number of hydrogen-bond donors (Lipinski definition) is 1. The molecule has 2 amide bonds. The first-order valence-corrected chi connectivity index (χ1v) is 9.90. The van der Waals surface area contributed by atoms with Gasteiger partial charge in [-0.1, -0.05) is 0 Å². The summed E-state index contributed by atoms with van der Waals surface area (Å²) in [6.07, 6.45) is -0.925. The number of benzene rings is 2. The molecule has 0 saturated carbocycles. The van der Waals surface area contributed by atoms with Crippen LogP contribution in [-0.4, -0.2) is 48.5 Å². The molecule has 0 spiro atoms. The van der Waals surface area contributed by atoms with Gasteiger partial charge in [0.2, 0.25) is 0 Å². The minimum absolute atomic E-state index is 0.0759. The number of carbonyl (C=O) groups excluding carboxylic acids is 3. The number of nitrogens with zero attached hydrogens (tertiary/aromatic N) is 2. The van der Waals surface area contributed by atoms with E-state index in [1.807, 2.05) is 19.9 Å². The van der Waals surface area contributed by atoms with Crippen LogP contribution in [0.2, 0.25) is 0 Å². The number of nitriles is 1. The van der Waals surface area contributed by atoms with Crippen molar-refractivity contribution in [1.29, 1.82) is 5.26 Å². The summed E-state index contributed by atoms with van der Waals surface area (Å²) in [6, 6.07) is 14.8. The predicted octanol–water partition coefficient (Wildman–Crippen LogP) is 2.99. The molecule has 0 aromatic heterocycles.